The van der Waals surface area contributed by atoms with Crippen LogP contribution in [0.25, 0.3) is 0 Å². The second-order valence-corrected chi connectivity index (χ2v) is 10.2. The highest BCUT2D eigenvalue weighted by Gasteiger charge is 2.15. The zero-order valence-electron chi connectivity index (χ0n) is 26.1. The molecule has 0 radical (unpaired) electrons. The van der Waals surface area contributed by atoms with Gasteiger partial charge in [0.2, 0.25) is 5.91 Å². The van der Waals surface area contributed by atoms with Crippen LogP contribution in [0.1, 0.15) is 42.9 Å². The molecule has 44 heavy (non-hydrogen) atoms. The number of amides is 2. The summed E-state index contributed by atoms with van der Waals surface area (Å²) < 4.78 is 26.2. The molecule has 244 valence electrons. The van der Waals surface area contributed by atoms with Crippen molar-refractivity contribution in [2.45, 2.75) is 51.5 Å². The van der Waals surface area contributed by atoms with Crippen LogP contribution in [0.3, 0.4) is 0 Å². The number of benzene rings is 2. The number of unbranched alkanes of at least 4 members (excludes halogenated alkanes) is 1. The monoisotopic (exact) mass is 616 g/mol. The molecule has 1 atom stereocenters. The molecular formula is C33H48N2O9. The molecule has 2 rings (SSSR count). The Hall–Kier alpha value is -3.35. The number of ether oxygens (including phenoxy) is 5. The molecule has 0 saturated carbocycles. The van der Waals surface area contributed by atoms with Gasteiger partial charge in [0.15, 0.2) is 0 Å². The summed E-state index contributed by atoms with van der Waals surface area (Å²) in [6.07, 6.45) is 4.25. The average Bonchev–Trinajstić information content (AvgIpc) is 3.02. The first-order chi connectivity index (χ1) is 21.5. The van der Waals surface area contributed by atoms with Gasteiger partial charge in [-0.2, -0.15) is 5.48 Å². The fraction of sp³-hybridized carbons (Fsp3) is 0.545. The summed E-state index contributed by atoms with van der Waals surface area (Å²) in [6.45, 7) is 4.98. The molecule has 0 fully saturated rings. The van der Waals surface area contributed by atoms with Crippen LogP contribution in [-0.4, -0.2) is 90.4 Å². The lowest BCUT2D eigenvalue weighted by Crippen LogP contribution is -2.38. The van der Waals surface area contributed by atoms with Crippen LogP contribution in [0.15, 0.2) is 54.6 Å². The minimum absolute atomic E-state index is 0.0895. The third kappa shape index (κ3) is 19.0. The first-order valence-corrected chi connectivity index (χ1v) is 15.2. The molecule has 0 aliphatic rings. The molecule has 2 aromatic carbocycles. The SMILES string of the molecule is COCCOCCOCCOCCOCC(=O)NC(C)CC(=O)ONC(=O)Cc1ccc(CCCCc2ccccc2)cc1. The maximum atomic E-state index is 12.2. The third-order valence-electron chi connectivity index (χ3n) is 6.35. The van der Waals surface area contributed by atoms with E-state index in [0.29, 0.717) is 46.2 Å². The number of rotatable bonds is 24. The van der Waals surface area contributed by atoms with Crippen molar-refractivity contribution in [1.29, 1.82) is 0 Å². The lowest BCUT2D eigenvalue weighted by Gasteiger charge is -2.13. The van der Waals surface area contributed by atoms with Crippen LogP contribution in [0.4, 0.5) is 0 Å². The van der Waals surface area contributed by atoms with Crippen molar-refractivity contribution in [1.82, 2.24) is 10.8 Å². The van der Waals surface area contributed by atoms with Gasteiger partial charge in [-0.05, 0) is 49.3 Å². The number of nitrogens with one attached hydrogen (secondary N) is 2. The van der Waals surface area contributed by atoms with E-state index in [9.17, 15) is 14.4 Å². The van der Waals surface area contributed by atoms with Gasteiger partial charge in [0.05, 0.1) is 65.7 Å². The third-order valence-corrected chi connectivity index (χ3v) is 6.35. The van der Waals surface area contributed by atoms with E-state index in [-0.39, 0.29) is 32.0 Å². The van der Waals surface area contributed by atoms with Gasteiger partial charge in [0, 0.05) is 13.2 Å². The summed E-state index contributed by atoms with van der Waals surface area (Å²) in [6, 6.07) is 17.8. The number of hydrogen-bond acceptors (Lipinski definition) is 9. The zero-order valence-corrected chi connectivity index (χ0v) is 26.1. The molecule has 2 aromatic rings. The maximum absolute atomic E-state index is 12.2. The van der Waals surface area contributed by atoms with Gasteiger partial charge in [0.1, 0.15) is 6.61 Å². The van der Waals surface area contributed by atoms with Crippen molar-refractivity contribution in [2.24, 2.45) is 0 Å². The molecule has 0 aromatic heterocycles. The first kappa shape index (κ1) is 36.8. The smallest absolute Gasteiger partial charge is 0.334 e. The van der Waals surface area contributed by atoms with E-state index >= 15 is 0 Å². The Kier molecular flexibility index (Phi) is 20.1. The lowest BCUT2D eigenvalue weighted by molar-refractivity contribution is -0.158. The Morgan fingerprint density at radius 3 is 1.77 bits per heavy atom. The molecule has 2 N–H and O–H groups in total. The molecule has 0 saturated heterocycles. The van der Waals surface area contributed by atoms with Crippen molar-refractivity contribution in [3.05, 3.63) is 71.3 Å². The Morgan fingerprint density at radius 1 is 0.659 bits per heavy atom. The van der Waals surface area contributed by atoms with E-state index in [1.165, 1.54) is 11.1 Å². The van der Waals surface area contributed by atoms with Crippen LogP contribution in [0.5, 0.6) is 0 Å². The minimum atomic E-state index is -0.657. The second-order valence-electron chi connectivity index (χ2n) is 10.2. The standard InChI is InChI=1S/C33H48N2O9/c1-27(34-32(37)26-43-23-22-42-21-20-41-19-18-40-17-16-39-2)24-33(38)44-35-31(36)25-30-14-12-29(13-15-30)11-7-6-10-28-8-4-3-5-9-28/h3-5,8-9,12-15,27H,6-7,10-11,16-26H2,1-2H3,(H,34,37)(H,35,36). The van der Waals surface area contributed by atoms with Gasteiger partial charge < -0.3 is 33.8 Å². The highest BCUT2D eigenvalue weighted by atomic mass is 16.7. The molecule has 0 bridgehead atoms. The van der Waals surface area contributed by atoms with Crippen molar-refractivity contribution in [2.75, 3.05) is 66.6 Å². The molecule has 0 heterocycles. The highest BCUT2D eigenvalue weighted by Crippen LogP contribution is 2.11. The van der Waals surface area contributed by atoms with Gasteiger partial charge in [0.25, 0.3) is 5.91 Å². The molecule has 0 aliphatic heterocycles. The van der Waals surface area contributed by atoms with Crippen molar-refractivity contribution in [3.63, 3.8) is 0 Å². The topological polar surface area (TPSA) is 131 Å². The van der Waals surface area contributed by atoms with Crippen LogP contribution in [-0.2, 0) is 62.2 Å². The van der Waals surface area contributed by atoms with E-state index in [2.05, 4.69) is 35.1 Å². The molecule has 0 aliphatic carbocycles. The zero-order chi connectivity index (χ0) is 31.7. The van der Waals surface area contributed by atoms with E-state index < -0.39 is 17.9 Å². The van der Waals surface area contributed by atoms with Gasteiger partial charge in [-0.25, -0.2) is 4.79 Å². The van der Waals surface area contributed by atoms with Crippen LogP contribution >= 0.6 is 0 Å². The summed E-state index contributed by atoms with van der Waals surface area (Å²) >= 11 is 0. The summed E-state index contributed by atoms with van der Waals surface area (Å²) in [4.78, 5) is 41.2. The summed E-state index contributed by atoms with van der Waals surface area (Å²) in [5, 5.41) is 2.66. The summed E-state index contributed by atoms with van der Waals surface area (Å²) in [5.74, 6) is -1.46. The lowest BCUT2D eigenvalue weighted by atomic mass is 10.0. The normalized spacial score (nSPS) is 11.6. The highest BCUT2D eigenvalue weighted by molar-refractivity contribution is 5.81. The van der Waals surface area contributed by atoms with Crippen molar-refractivity contribution < 1.29 is 42.9 Å². The number of aryl methyl sites for hydroxylation is 2. The van der Waals surface area contributed by atoms with E-state index in [1.54, 1.807) is 14.0 Å². The Balaban J connectivity index is 1.45. The maximum Gasteiger partial charge on any atom is 0.334 e. The van der Waals surface area contributed by atoms with E-state index in [1.807, 2.05) is 30.3 Å². The fourth-order valence-corrected chi connectivity index (χ4v) is 4.09. The predicted octanol–water partition coefficient (Wildman–Crippen LogP) is 2.98. The molecule has 1 unspecified atom stereocenters. The van der Waals surface area contributed by atoms with Crippen LogP contribution in [0.2, 0.25) is 0 Å². The predicted molar refractivity (Wildman–Crippen MR) is 165 cm³/mol. The minimum Gasteiger partial charge on any atom is -0.382 e. The van der Waals surface area contributed by atoms with Gasteiger partial charge in [-0.15, -0.1) is 0 Å². The molecule has 11 nitrogen and oxygen atoms in total. The van der Waals surface area contributed by atoms with E-state index in [4.69, 9.17) is 28.5 Å². The Bertz CT molecular complexity index is 1050. The molecular weight excluding hydrogens is 568 g/mol. The number of carbonyl (C=O) groups is 3. The van der Waals surface area contributed by atoms with Crippen LogP contribution in [0, 0.1) is 0 Å². The van der Waals surface area contributed by atoms with Gasteiger partial charge >= 0.3 is 5.97 Å². The summed E-state index contributed by atoms with van der Waals surface area (Å²) in [5.41, 5.74) is 5.58. The quantitative estimate of drug-likeness (QED) is 0.135. The number of hydrogen-bond donors (Lipinski definition) is 2. The second kappa shape index (κ2) is 24.0. The molecule has 11 heteroatoms. The summed E-state index contributed by atoms with van der Waals surface area (Å²) in [7, 11) is 1.62. The fourth-order valence-electron chi connectivity index (χ4n) is 4.09. The first-order valence-electron chi connectivity index (χ1n) is 15.2. The Labute approximate surface area is 260 Å². The number of methoxy groups -OCH3 is 1. The van der Waals surface area contributed by atoms with Gasteiger partial charge in [-0.3, -0.25) is 9.59 Å². The largest absolute Gasteiger partial charge is 0.382 e. The van der Waals surface area contributed by atoms with Gasteiger partial charge in [-0.1, -0.05) is 54.6 Å². The number of carbonyl (C=O) groups excluding carboxylic acids is 3. The average molecular weight is 617 g/mol. The number of hydroxylamine groups is 1. The van der Waals surface area contributed by atoms with E-state index in [0.717, 1.165) is 31.2 Å². The van der Waals surface area contributed by atoms with Crippen molar-refractivity contribution in [3.8, 4) is 0 Å². The Morgan fingerprint density at radius 2 is 1.18 bits per heavy atom. The van der Waals surface area contributed by atoms with Crippen molar-refractivity contribution >= 4 is 17.8 Å². The molecule has 0 spiro atoms. The molecule has 2 amide bonds. The van der Waals surface area contributed by atoms with Crippen LogP contribution < -0.4 is 10.8 Å².